The van der Waals surface area contributed by atoms with Crippen LogP contribution >= 0.6 is 22.6 Å². The van der Waals surface area contributed by atoms with E-state index in [4.69, 9.17) is 9.84 Å². The van der Waals surface area contributed by atoms with Gasteiger partial charge in [0.05, 0.1) is 19.6 Å². The molecule has 0 heterocycles. The van der Waals surface area contributed by atoms with Gasteiger partial charge in [0.1, 0.15) is 19.7 Å². The van der Waals surface area contributed by atoms with E-state index in [-0.39, 0.29) is 12.6 Å². The molecular formula is C9H19INO3+. The highest BCUT2D eigenvalue weighted by atomic mass is 127. The molecule has 1 unspecified atom stereocenters. The summed E-state index contributed by atoms with van der Waals surface area (Å²) >= 11 is 2.15. The second-order valence-electron chi connectivity index (χ2n) is 2.99. The van der Waals surface area contributed by atoms with Gasteiger partial charge in [-0.3, -0.25) is 4.79 Å². The van der Waals surface area contributed by atoms with Crippen molar-refractivity contribution in [2.24, 2.45) is 0 Å². The fourth-order valence-electron chi connectivity index (χ4n) is 1.10. The third-order valence-electron chi connectivity index (χ3n) is 1.98. The molecule has 0 saturated carbocycles. The molecule has 0 fully saturated rings. The second kappa shape index (κ2) is 9.67. The molecule has 0 aliphatic heterocycles. The standard InChI is InChI=1S/C9H18INO3/c1-2-11(5-7-12)6-8-14-9(13)3-4-10/h12H,2-8H2,1H3/p+1. The number of carbonyl (C=O) groups excluding carboxylic acids is 1. The lowest BCUT2D eigenvalue weighted by Gasteiger charge is -2.15. The summed E-state index contributed by atoms with van der Waals surface area (Å²) in [5.74, 6) is -0.126. The predicted octanol–water partition coefficient (Wildman–Crippen LogP) is -0.748. The average molecular weight is 316 g/mol. The Morgan fingerprint density at radius 3 is 2.71 bits per heavy atom. The summed E-state index contributed by atoms with van der Waals surface area (Å²) in [5.41, 5.74) is 0. The van der Waals surface area contributed by atoms with Gasteiger partial charge in [-0.1, -0.05) is 22.6 Å². The van der Waals surface area contributed by atoms with Gasteiger partial charge in [-0.15, -0.1) is 0 Å². The molecule has 84 valence electrons. The maximum absolute atomic E-state index is 11.0. The summed E-state index contributed by atoms with van der Waals surface area (Å²) < 4.78 is 5.82. The quantitative estimate of drug-likeness (QED) is 0.352. The van der Waals surface area contributed by atoms with Crippen LogP contribution in [-0.2, 0) is 9.53 Å². The van der Waals surface area contributed by atoms with Crippen LogP contribution in [0.3, 0.4) is 0 Å². The van der Waals surface area contributed by atoms with Crippen molar-refractivity contribution < 1.29 is 19.5 Å². The van der Waals surface area contributed by atoms with E-state index in [0.717, 1.165) is 24.1 Å². The molecule has 0 rings (SSSR count). The zero-order chi connectivity index (χ0) is 10.8. The number of halogens is 1. The highest BCUT2D eigenvalue weighted by Crippen LogP contribution is 1.90. The van der Waals surface area contributed by atoms with Crippen LogP contribution in [0.4, 0.5) is 0 Å². The van der Waals surface area contributed by atoms with Crippen molar-refractivity contribution in [1.29, 1.82) is 0 Å². The van der Waals surface area contributed by atoms with Crippen LogP contribution in [0.2, 0.25) is 0 Å². The minimum atomic E-state index is -0.126. The van der Waals surface area contributed by atoms with Crippen LogP contribution in [0, 0.1) is 0 Å². The van der Waals surface area contributed by atoms with E-state index >= 15 is 0 Å². The normalized spacial score (nSPS) is 12.5. The van der Waals surface area contributed by atoms with E-state index in [0.29, 0.717) is 13.0 Å². The van der Waals surface area contributed by atoms with Crippen molar-refractivity contribution in [1.82, 2.24) is 0 Å². The highest BCUT2D eigenvalue weighted by Gasteiger charge is 2.06. The van der Waals surface area contributed by atoms with Crippen LogP contribution in [-0.4, -0.2) is 48.4 Å². The predicted molar refractivity (Wildman–Crippen MR) is 62.8 cm³/mol. The Morgan fingerprint density at radius 1 is 1.50 bits per heavy atom. The Hall–Kier alpha value is 0.120. The fourth-order valence-corrected chi connectivity index (χ4v) is 1.54. The summed E-state index contributed by atoms with van der Waals surface area (Å²) in [4.78, 5) is 12.2. The van der Waals surface area contributed by atoms with Crippen molar-refractivity contribution in [3.05, 3.63) is 0 Å². The van der Waals surface area contributed by atoms with Crippen LogP contribution in [0.1, 0.15) is 13.3 Å². The number of esters is 1. The fraction of sp³-hybridized carbons (Fsp3) is 0.889. The highest BCUT2D eigenvalue weighted by molar-refractivity contribution is 14.1. The molecule has 0 spiro atoms. The maximum Gasteiger partial charge on any atom is 0.306 e. The molecular weight excluding hydrogens is 297 g/mol. The first-order valence-corrected chi connectivity index (χ1v) is 6.43. The van der Waals surface area contributed by atoms with Gasteiger partial charge in [0.15, 0.2) is 0 Å². The minimum absolute atomic E-state index is 0.126. The van der Waals surface area contributed by atoms with Crippen LogP contribution < -0.4 is 4.90 Å². The molecule has 0 radical (unpaired) electrons. The number of aliphatic hydroxyl groups excluding tert-OH is 1. The third kappa shape index (κ3) is 7.52. The summed E-state index contributed by atoms with van der Waals surface area (Å²) in [5, 5.41) is 8.73. The molecule has 4 nitrogen and oxygen atoms in total. The zero-order valence-electron chi connectivity index (χ0n) is 8.59. The van der Waals surface area contributed by atoms with Crippen LogP contribution in [0.25, 0.3) is 0 Å². The number of likely N-dealkylation sites (N-methyl/N-ethyl adjacent to an activating group) is 1. The van der Waals surface area contributed by atoms with E-state index in [2.05, 4.69) is 29.5 Å². The molecule has 0 aliphatic rings. The number of nitrogens with one attached hydrogen (secondary N) is 1. The molecule has 0 aliphatic carbocycles. The Kier molecular flexibility index (Phi) is 9.75. The summed E-state index contributed by atoms with van der Waals surface area (Å²) in [7, 11) is 0. The number of carbonyl (C=O) groups is 1. The molecule has 0 bridgehead atoms. The molecule has 0 aromatic carbocycles. The van der Waals surface area contributed by atoms with Gasteiger partial charge in [-0.05, 0) is 6.92 Å². The molecule has 0 aromatic rings. The number of hydrogen-bond donors (Lipinski definition) is 2. The monoisotopic (exact) mass is 316 g/mol. The smallest absolute Gasteiger partial charge is 0.306 e. The number of quaternary nitrogens is 1. The number of aliphatic hydroxyl groups is 1. The Labute approximate surface area is 98.7 Å². The summed E-state index contributed by atoms with van der Waals surface area (Å²) in [6.45, 7) is 5.15. The SMILES string of the molecule is CC[NH+](CCO)CCOC(=O)CCI. The van der Waals surface area contributed by atoms with Gasteiger partial charge in [-0.25, -0.2) is 0 Å². The zero-order valence-corrected chi connectivity index (χ0v) is 10.7. The van der Waals surface area contributed by atoms with Crippen molar-refractivity contribution >= 4 is 28.6 Å². The van der Waals surface area contributed by atoms with E-state index in [1.165, 1.54) is 4.90 Å². The lowest BCUT2D eigenvalue weighted by atomic mass is 10.4. The van der Waals surface area contributed by atoms with Crippen molar-refractivity contribution in [3.8, 4) is 0 Å². The molecule has 5 heteroatoms. The molecule has 2 N–H and O–H groups in total. The summed E-state index contributed by atoms with van der Waals surface area (Å²) in [6, 6.07) is 0. The topological polar surface area (TPSA) is 51.0 Å². The lowest BCUT2D eigenvalue weighted by Crippen LogP contribution is -3.12. The van der Waals surface area contributed by atoms with Crippen molar-refractivity contribution in [2.45, 2.75) is 13.3 Å². The first-order valence-electron chi connectivity index (χ1n) is 4.90. The Balaban J connectivity index is 3.45. The van der Waals surface area contributed by atoms with Gasteiger partial charge >= 0.3 is 5.97 Å². The largest absolute Gasteiger partial charge is 0.460 e. The first-order chi connectivity index (χ1) is 6.74. The third-order valence-corrected chi connectivity index (χ3v) is 2.52. The van der Waals surface area contributed by atoms with Crippen LogP contribution in [0.5, 0.6) is 0 Å². The van der Waals surface area contributed by atoms with Crippen LogP contribution in [0.15, 0.2) is 0 Å². The molecule has 1 atom stereocenters. The molecule has 14 heavy (non-hydrogen) atoms. The van der Waals surface area contributed by atoms with Gasteiger partial charge in [0, 0.05) is 4.43 Å². The lowest BCUT2D eigenvalue weighted by molar-refractivity contribution is -0.898. The van der Waals surface area contributed by atoms with E-state index < -0.39 is 0 Å². The van der Waals surface area contributed by atoms with Crippen molar-refractivity contribution in [2.75, 3.05) is 37.3 Å². The average Bonchev–Trinajstić information content (AvgIpc) is 2.17. The van der Waals surface area contributed by atoms with Gasteiger partial charge in [0.2, 0.25) is 0 Å². The number of alkyl halides is 1. The summed E-state index contributed by atoms with van der Waals surface area (Å²) in [6.07, 6.45) is 0.488. The van der Waals surface area contributed by atoms with Gasteiger partial charge in [0.25, 0.3) is 0 Å². The minimum Gasteiger partial charge on any atom is -0.460 e. The Morgan fingerprint density at radius 2 is 2.21 bits per heavy atom. The number of hydrogen-bond acceptors (Lipinski definition) is 3. The molecule has 0 amide bonds. The number of rotatable bonds is 8. The Bertz CT molecular complexity index is 155. The molecule has 0 saturated heterocycles. The van der Waals surface area contributed by atoms with E-state index in [1.807, 2.05) is 0 Å². The van der Waals surface area contributed by atoms with Gasteiger partial charge in [-0.2, -0.15) is 0 Å². The maximum atomic E-state index is 11.0. The van der Waals surface area contributed by atoms with E-state index in [1.54, 1.807) is 0 Å². The number of ether oxygens (including phenoxy) is 1. The molecule has 0 aromatic heterocycles. The van der Waals surface area contributed by atoms with E-state index in [9.17, 15) is 4.79 Å². The van der Waals surface area contributed by atoms with Crippen molar-refractivity contribution in [3.63, 3.8) is 0 Å². The first kappa shape index (κ1) is 14.1. The van der Waals surface area contributed by atoms with Gasteiger partial charge < -0.3 is 14.7 Å². The second-order valence-corrected chi connectivity index (χ2v) is 4.07.